The van der Waals surface area contributed by atoms with Crippen LogP contribution in [-0.4, -0.2) is 13.2 Å². The lowest BCUT2D eigenvalue weighted by atomic mass is 10.1. The number of nitrogens with one attached hydrogen (secondary N) is 1. The van der Waals surface area contributed by atoms with E-state index in [1.807, 2.05) is 0 Å². The predicted molar refractivity (Wildman–Crippen MR) is 76.0 cm³/mol. The lowest BCUT2D eigenvalue weighted by Crippen LogP contribution is -2.14. The molecule has 0 bridgehead atoms. The average Bonchev–Trinajstić information content (AvgIpc) is 2.88. The van der Waals surface area contributed by atoms with Crippen molar-refractivity contribution in [3.8, 4) is 5.75 Å². The second-order valence-corrected chi connectivity index (χ2v) is 5.35. The van der Waals surface area contributed by atoms with E-state index in [0.29, 0.717) is 0 Å². The van der Waals surface area contributed by atoms with Crippen LogP contribution in [0.15, 0.2) is 18.2 Å². The summed E-state index contributed by atoms with van der Waals surface area (Å²) in [6.07, 6.45) is 5.45. The summed E-state index contributed by atoms with van der Waals surface area (Å²) in [5.41, 5.74) is 2.59. The second kappa shape index (κ2) is 6.79. The van der Waals surface area contributed by atoms with Crippen molar-refractivity contribution >= 4 is 0 Å². The number of hydrogen-bond donors (Lipinski definition) is 1. The lowest BCUT2D eigenvalue weighted by Gasteiger charge is -2.15. The van der Waals surface area contributed by atoms with Gasteiger partial charge in [-0.25, -0.2) is 0 Å². The van der Waals surface area contributed by atoms with E-state index in [1.54, 1.807) is 0 Å². The quantitative estimate of drug-likeness (QED) is 0.828. The van der Waals surface area contributed by atoms with Crippen LogP contribution in [0.5, 0.6) is 5.75 Å². The van der Waals surface area contributed by atoms with E-state index in [1.165, 1.54) is 36.8 Å². The minimum absolute atomic E-state index is 0.776. The molecule has 2 rings (SSSR count). The molecule has 1 aromatic rings. The van der Waals surface area contributed by atoms with Crippen molar-refractivity contribution in [3.63, 3.8) is 0 Å². The molecule has 0 saturated heterocycles. The monoisotopic (exact) mass is 247 g/mol. The fourth-order valence-corrected chi connectivity index (χ4v) is 2.63. The van der Waals surface area contributed by atoms with Crippen LogP contribution in [0.1, 0.15) is 43.7 Å². The Morgan fingerprint density at radius 2 is 2.06 bits per heavy atom. The molecule has 0 heterocycles. The van der Waals surface area contributed by atoms with Gasteiger partial charge in [0.25, 0.3) is 0 Å². The zero-order valence-electron chi connectivity index (χ0n) is 11.7. The zero-order chi connectivity index (χ0) is 12.8. The summed E-state index contributed by atoms with van der Waals surface area (Å²) in [6.45, 7) is 7.06. The largest absolute Gasteiger partial charge is 0.493 e. The van der Waals surface area contributed by atoms with Crippen LogP contribution in [0, 0.1) is 12.8 Å². The third kappa shape index (κ3) is 3.74. The van der Waals surface area contributed by atoms with Gasteiger partial charge in [0.15, 0.2) is 0 Å². The molecule has 0 spiro atoms. The first-order valence-electron chi connectivity index (χ1n) is 7.22. The number of aryl methyl sites for hydroxylation is 1. The van der Waals surface area contributed by atoms with Gasteiger partial charge in [0.1, 0.15) is 5.75 Å². The van der Waals surface area contributed by atoms with Crippen LogP contribution < -0.4 is 10.1 Å². The summed E-state index contributed by atoms with van der Waals surface area (Å²) in [6, 6.07) is 6.49. The maximum Gasteiger partial charge on any atom is 0.123 e. The molecule has 0 aromatic heterocycles. The van der Waals surface area contributed by atoms with E-state index < -0.39 is 0 Å². The summed E-state index contributed by atoms with van der Waals surface area (Å²) in [7, 11) is 0. The normalized spacial score (nSPS) is 16.1. The Bertz CT molecular complexity index is 369. The first-order chi connectivity index (χ1) is 8.79. The lowest BCUT2D eigenvalue weighted by molar-refractivity contribution is 0.249. The van der Waals surface area contributed by atoms with Crippen LogP contribution >= 0.6 is 0 Å². The minimum atomic E-state index is 0.776. The van der Waals surface area contributed by atoms with Crippen molar-refractivity contribution in [2.45, 2.75) is 46.1 Å². The first kappa shape index (κ1) is 13.4. The molecule has 1 fully saturated rings. The maximum absolute atomic E-state index is 6.03. The average molecular weight is 247 g/mol. The van der Waals surface area contributed by atoms with E-state index in [9.17, 15) is 0 Å². The van der Waals surface area contributed by atoms with Gasteiger partial charge in [0, 0.05) is 12.1 Å². The molecular weight excluding hydrogens is 222 g/mol. The topological polar surface area (TPSA) is 21.3 Å². The van der Waals surface area contributed by atoms with Gasteiger partial charge in [-0.05, 0) is 38.3 Å². The molecule has 0 radical (unpaired) electrons. The SMILES string of the molecule is CCNCc1cc(C)ccc1OCC1CCCC1. The summed E-state index contributed by atoms with van der Waals surface area (Å²) in [5.74, 6) is 1.84. The van der Waals surface area contributed by atoms with Gasteiger partial charge in [-0.3, -0.25) is 0 Å². The molecule has 2 nitrogen and oxygen atoms in total. The van der Waals surface area contributed by atoms with Crippen molar-refractivity contribution in [2.24, 2.45) is 5.92 Å². The van der Waals surface area contributed by atoms with E-state index in [0.717, 1.165) is 31.4 Å². The molecule has 0 atom stereocenters. The van der Waals surface area contributed by atoms with Crippen molar-refractivity contribution in [3.05, 3.63) is 29.3 Å². The van der Waals surface area contributed by atoms with E-state index >= 15 is 0 Å². The number of hydrogen-bond acceptors (Lipinski definition) is 2. The summed E-state index contributed by atoms with van der Waals surface area (Å²) < 4.78 is 6.03. The van der Waals surface area contributed by atoms with Gasteiger partial charge in [0.2, 0.25) is 0 Å². The summed E-state index contributed by atoms with van der Waals surface area (Å²) in [4.78, 5) is 0. The number of benzene rings is 1. The Balaban J connectivity index is 1.96. The second-order valence-electron chi connectivity index (χ2n) is 5.35. The Hall–Kier alpha value is -1.02. The number of rotatable bonds is 6. The third-order valence-electron chi connectivity index (χ3n) is 3.73. The molecule has 1 N–H and O–H groups in total. The first-order valence-corrected chi connectivity index (χ1v) is 7.22. The Morgan fingerprint density at radius 1 is 1.28 bits per heavy atom. The highest BCUT2D eigenvalue weighted by Crippen LogP contribution is 2.27. The Labute approximate surface area is 111 Å². The highest BCUT2D eigenvalue weighted by atomic mass is 16.5. The molecule has 0 unspecified atom stereocenters. The van der Waals surface area contributed by atoms with Crippen molar-refractivity contribution in [1.29, 1.82) is 0 Å². The van der Waals surface area contributed by atoms with Gasteiger partial charge in [-0.1, -0.05) is 37.5 Å². The molecular formula is C16H25NO. The molecule has 100 valence electrons. The van der Waals surface area contributed by atoms with E-state index in [4.69, 9.17) is 4.74 Å². The molecule has 1 aliphatic carbocycles. The van der Waals surface area contributed by atoms with E-state index in [-0.39, 0.29) is 0 Å². The molecule has 0 amide bonds. The van der Waals surface area contributed by atoms with Crippen LogP contribution in [0.2, 0.25) is 0 Å². The summed E-state index contributed by atoms with van der Waals surface area (Å²) in [5, 5.41) is 3.38. The molecule has 1 aliphatic rings. The predicted octanol–water partition coefficient (Wildman–Crippen LogP) is 3.67. The highest BCUT2D eigenvalue weighted by Gasteiger charge is 2.16. The molecule has 1 saturated carbocycles. The highest BCUT2D eigenvalue weighted by molar-refractivity contribution is 5.36. The van der Waals surface area contributed by atoms with Crippen LogP contribution in [0.4, 0.5) is 0 Å². The molecule has 0 aliphatic heterocycles. The third-order valence-corrected chi connectivity index (χ3v) is 3.73. The fraction of sp³-hybridized carbons (Fsp3) is 0.625. The minimum Gasteiger partial charge on any atom is -0.493 e. The van der Waals surface area contributed by atoms with Crippen molar-refractivity contribution < 1.29 is 4.74 Å². The van der Waals surface area contributed by atoms with E-state index in [2.05, 4.69) is 37.4 Å². The van der Waals surface area contributed by atoms with Crippen molar-refractivity contribution in [2.75, 3.05) is 13.2 Å². The van der Waals surface area contributed by atoms with Crippen molar-refractivity contribution in [1.82, 2.24) is 5.32 Å². The standard InChI is InChI=1S/C16H25NO/c1-3-17-11-15-10-13(2)8-9-16(15)18-12-14-6-4-5-7-14/h8-10,14,17H,3-7,11-12H2,1-2H3. The van der Waals surface area contributed by atoms with Gasteiger partial charge in [-0.15, -0.1) is 0 Å². The smallest absolute Gasteiger partial charge is 0.123 e. The van der Waals surface area contributed by atoms with Gasteiger partial charge in [0.05, 0.1) is 6.61 Å². The van der Waals surface area contributed by atoms with Gasteiger partial charge in [-0.2, -0.15) is 0 Å². The van der Waals surface area contributed by atoms with Crippen LogP contribution in [0.25, 0.3) is 0 Å². The van der Waals surface area contributed by atoms with Crippen LogP contribution in [-0.2, 0) is 6.54 Å². The maximum atomic E-state index is 6.03. The number of ether oxygens (including phenoxy) is 1. The van der Waals surface area contributed by atoms with Crippen LogP contribution in [0.3, 0.4) is 0 Å². The van der Waals surface area contributed by atoms with Gasteiger partial charge >= 0.3 is 0 Å². The Morgan fingerprint density at radius 3 is 2.78 bits per heavy atom. The molecule has 18 heavy (non-hydrogen) atoms. The molecule has 1 aromatic carbocycles. The summed E-state index contributed by atoms with van der Waals surface area (Å²) >= 11 is 0. The fourth-order valence-electron chi connectivity index (χ4n) is 2.63. The molecule has 2 heteroatoms. The Kier molecular flexibility index (Phi) is 5.06. The van der Waals surface area contributed by atoms with Gasteiger partial charge < -0.3 is 10.1 Å². The zero-order valence-corrected chi connectivity index (χ0v) is 11.7.